The Labute approximate surface area is 152 Å². The third-order valence-corrected chi connectivity index (χ3v) is 5.57. The van der Waals surface area contributed by atoms with E-state index in [1.807, 2.05) is 4.90 Å². The molecule has 0 aromatic carbocycles. The number of likely N-dealkylation sites (tertiary alicyclic amines) is 1. The van der Waals surface area contributed by atoms with Crippen molar-refractivity contribution >= 4 is 11.7 Å². The minimum absolute atomic E-state index is 0.0532. The lowest BCUT2D eigenvalue weighted by Gasteiger charge is -2.39. The van der Waals surface area contributed by atoms with E-state index in [2.05, 4.69) is 11.9 Å². The number of piperidine rings is 2. The minimum atomic E-state index is -4.44. The van der Waals surface area contributed by atoms with Gasteiger partial charge < -0.3 is 9.80 Å². The maximum atomic E-state index is 13.3. The van der Waals surface area contributed by atoms with Gasteiger partial charge >= 0.3 is 6.18 Å². The molecule has 1 amide bonds. The zero-order chi connectivity index (χ0) is 18.7. The van der Waals surface area contributed by atoms with E-state index in [1.165, 1.54) is 12.3 Å². The Balaban J connectivity index is 1.73. The fourth-order valence-corrected chi connectivity index (χ4v) is 4.10. The predicted octanol–water partition coefficient (Wildman–Crippen LogP) is 3.97. The zero-order valence-electron chi connectivity index (χ0n) is 15.1. The number of carbonyl (C=O) groups excluding carboxylic acids is 1. The fourth-order valence-electron chi connectivity index (χ4n) is 4.10. The molecule has 0 saturated carbocycles. The predicted molar refractivity (Wildman–Crippen MR) is 93.8 cm³/mol. The summed E-state index contributed by atoms with van der Waals surface area (Å²) in [4.78, 5) is 20.5. The minimum Gasteiger partial charge on any atom is -0.355 e. The van der Waals surface area contributed by atoms with E-state index >= 15 is 0 Å². The molecule has 0 spiro atoms. The van der Waals surface area contributed by atoms with Crippen molar-refractivity contribution in [1.29, 1.82) is 0 Å². The molecule has 0 bridgehead atoms. The fraction of sp³-hybridized carbons (Fsp3) is 0.684. The first kappa shape index (κ1) is 19.0. The lowest BCUT2D eigenvalue weighted by atomic mass is 9.92. The molecule has 1 aromatic rings. The number of hydrogen-bond donors (Lipinski definition) is 0. The maximum Gasteiger partial charge on any atom is 0.419 e. The van der Waals surface area contributed by atoms with Gasteiger partial charge in [-0.15, -0.1) is 0 Å². The SMILES string of the molecule is CCC1CCCN(C(=O)C2CCCN(c3ncccc3C(F)(F)F)C2)C1. The molecule has 2 unspecified atom stereocenters. The van der Waals surface area contributed by atoms with Crippen LogP contribution < -0.4 is 4.90 Å². The van der Waals surface area contributed by atoms with Crippen LogP contribution in [0.5, 0.6) is 0 Å². The van der Waals surface area contributed by atoms with Gasteiger partial charge in [0, 0.05) is 32.4 Å². The van der Waals surface area contributed by atoms with Gasteiger partial charge in [-0.3, -0.25) is 4.79 Å². The van der Waals surface area contributed by atoms with Crippen LogP contribution in [0, 0.1) is 11.8 Å². The second-order valence-electron chi connectivity index (χ2n) is 7.36. The van der Waals surface area contributed by atoms with Crippen molar-refractivity contribution in [3.63, 3.8) is 0 Å². The highest BCUT2D eigenvalue weighted by molar-refractivity contribution is 5.80. The van der Waals surface area contributed by atoms with E-state index in [0.717, 1.165) is 44.8 Å². The summed E-state index contributed by atoms with van der Waals surface area (Å²) in [6, 6.07) is 2.36. The van der Waals surface area contributed by atoms with Crippen LogP contribution >= 0.6 is 0 Å². The number of aromatic nitrogens is 1. The molecular formula is C19H26F3N3O. The van der Waals surface area contributed by atoms with Gasteiger partial charge in [-0.1, -0.05) is 13.3 Å². The molecule has 7 heteroatoms. The monoisotopic (exact) mass is 369 g/mol. The van der Waals surface area contributed by atoms with E-state index in [4.69, 9.17) is 0 Å². The molecule has 144 valence electrons. The van der Waals surface area contributed by atoms with Crippen LogP contribution in [0.2, 0.25) is 0 Å². The lowest BCUT2D eigenvalue weighted by molar-refractivity contribution is -0.137. The van der Waals surface area contributed by atoms with Gasteiger partial charge in [-0.2, -0.15) is 13.2 Å². The number of alkyl halides is 3. The van der Waals surface area contributed by atoms with E-state index in [-0.39, 0.29) is 17.6 Å². The lowest BCUT2D eigenvalue weighted by Crippen LogP contribution is -2.48. The van der Waals surface area contributed by atoms with E-state index < -0.39 is 11.7 Å². The summed E-state index contributed by atoms with van der Waals surface area (Å²) in [7, 11) is 0. The van der Waals surface area contributed by atoms with Gasteiger partial charge in [-0.25, -0.2) is 4.98 Å². The highest BCUT2D eigenvalue weighted by atomic mass is 19.4. The van der Waals surface area contributed by atoms with Crippen molar-refractivity contribution in [1.82, 2.24) is 9.88 Å². The molecule has 2 saturated heterocycles. The summed E-state index contributed by atoms with van der Waals surface area (Å²) in [5, 5.41) is 0. The van der Waals surface area contributed by atoms with Gasteiger partial charge in [0.15, 0.2) is 0 Å². The molecule has 0 N–H and O–H groups in total. The van der Waals surface area contributed by atoms with Crippen molar-refractivity contribution in [2.75, 3.05) is 31.1 Å². The molecule has 0 radical (unpaired) electrons. The van der Waals surface area contributed by atoms with Crippen molar-refractivity contribution in [2.45, 2.75) is 45.2 Å². The average Bonchev–Trinajstić information content (AvgIpc) is 2.67. The first-order valence-electron chi connectivity index (χ1n) is 9.46. The summed E-state index contributed by atoms with van der Waals surface area (Å²) in [6.07, 6.45) is 1.60. The molecule has 2 fully saturated rings. The summed E-state index contributed by atoms with van der Waals surface area (Å²) in [5.41, 5.74) is -0.725. The van der Waals surface area contributed by atoms with Crippen LogP contribution in [0.1, 0.15) is 44.6 Å². The highest BCUT2D eigenvalue weighted by Crippen LogP contribution is 2.36. The van der Waals surface area contributed by atoms with Crippen molar-refractivity contribution in [3.05, 3.63) is 23.9 Å². The topological polar surface area (TPSA) is 36.4 Å². The molecule has 2 atom stereocenters. The number of anilines is 1. The Bertz CT molecular complexity index is 635. The number of carbonyl (C=O) groups is 1. The van der Waals surface area contributed by atoms with Crippen LogP contribution in [0.15, 0.2) is 18.3 Å². The molecule has 0 aliphatic carbocycles. The first-order valence-corrected chi connectivity index (χ1v) is 9.46. The zero-order valence-corrected chi connectivity index (χ0v) is 15.1. The second kappa shape index (κ2) is 7.84. The number of amides is 1. The van der Waals surface area contributed by atoms with Gasteiger partial charge in [-0.05, 0) is 43.7 Å². The van der Waals surface area contributed by atoms with Crippen molar-refractivity contribution in [3.8, 4) is 0 Å². The summed E-state index contributed by atoms with van der Waals surface area (Å²) < 4.78 is 39.9. The molecule has 3 rings (SSSR count). The number of rotatable bonds is 3. The van der Waals surface area contributed by atoms with Crippen molar-refractivity contribution < 1.29 is 18.0 Å². The molecule has 4 nitrogen and oxygen atoms in total. The quantitative estimate of drug-likeness (QED) is 0.809. The Morgan fingerprint density at radius 2 is 2.00 bits per heavy atom. The first-order chi connectivity index (χ1) is 12.4. The van der Waals surface area contributed by atoms with Gasteiger partial charge in [0.2, 0.25) is 5.91 Å². The normalized spacial score (nSPS) is 24.6. The Morgan fingerprint density at radius 3 is 2.73 bits per heavy atom. The van der Waals surface area contributed by atoms with E-state index in [0.29, 0.717) is 25.4 Å². The van der Waals surface area contributed by atoms with Crippen LogP contribution in [0.25, 0.3) is 0 Å². The van der Waals surface area contributed by atoms with E-state index in [1.54, 1.807) is 4.90 Å². The number of halogens is 3. The van der Waals surface area contributed by atoms with Gasteiger partial charge in [0.05, 0.1) is 11.5 Å². The van der Waals surface area contributed by atoms with E-state index in [9.17, 15) is 18.0 Å². The Kier molecular flexibility index (Phi) is 5.73. The standard InChI is InChI=1S/C19H26F3N3O/c1-2-14-6-4-11-25(12-14)18(26)15-7-5-10-24(13-15)17-16(19(20,21)22)8-3-9-23-17/h3,8-9,14-15H,2,4-7,10-13H2,1H3. The van der Waals surface area contributed by atoms with Crippen LogP contribution in [-0.4, -0.2) is 42.0 Å². The summed E-state index contributed by atoms with van der Waals surface area (Å²) >= 11 is 0. The largest absolute Gasteiger partial charge is 0.419 e. The molecule has 2 aliphatic heterocycles. The van der Waals surface area contributed by atoms with Gasteiger partial charge in [0.25, 0.3) is 0 Å². The molecule has 1 aromatic heterocycles. The average molecular weight is 369 g/mol. The Hall–Kier alpha value is -1.79. The van der Waals surface area contributed by atoms with Crippen LogP contribution in [-0.2, 0) is 11.0 Å². The molecule has 2 aliphatic rings. The molecule has 3 heterocycles. The van der Waals surface area contributed by atoms with Gasteiger partial charge in [0.1, 0.15) is 5.82 Å². The number of pyridine rings is 1. The van der Waals surface area contributed by atoms with Crippen LogP contribution in [0.3, 0.4) is 0 Å². The number of nitrogens with zero attached hydrogens (tertiary/aromatic N) is 3. The summed E-state index contributed by atoms with van der Waals surface area (Å²) in [6.45, 7) is 4.50. The maximum absolute atomic E-state index is 13.3. The smallest absolute Gasteiger partial charge is 0.355 e. The van der Waals surface area contributed by atoms with Crippen LogP contribution in [0.4, 0.5) is 19.0 Å². The third-order valence-electron chi connectivity index (χ3n) is 5.57. The third kappa shape index (κ3) is 4.13. The molecular weight excluding hydrogens is 343 g/mol. The number of hydrogen-bond acceptors (Lipinski definition) is 3. The molecule has 26 heavy (non-hydrogen) atoms. The summed E-state index contributed by atoms with van der Waals surface area (Å²) in [5.74, 6) is 0.336. The highest BCUT2D eigenvalue weighted by Gasteiger charge is 2.38. The Morgan fingerprint density at radius 1 is 1.23 bits per heavy atom. The second-order valence-corrected chi connectivity index (χ2v) is 7.36. The van der Waals surface area contributed by atoms with Crippen molar-refractivity contribution in [2.24, 2.45) is 11.8 Å².